The van der Waals surface area contributed by atoms with Gasteiger partial charge in [-0.3, -0.25) is 4.57 Å². The number of cyclic esters (lactones) is 1. The standard InChI is InChI=1S/C24H40NO6PSi/c1-7-18(15-25-11-13-32(27,28)29)9-10-20-19(8-2)17(3)21-16-31-24(26)22(21)23(20)30-12-14-33(4,5)6/h9,25H,7-8,10-16H2,1-6H3,(H2,27,28,29)/b18-9+. The molecule has 33 heavy (non-hydrogen) atoms. The Hall–Kier alpha value is -1.44. The van der Waals surface area contributed by atoms with E-state index >= 15 is 0 Å². The molecule has 0 fully saturated rings. The summed E-state index contributed by atoms with van der Waals surface area (Å²) in [6.45, 7) is 14.9. The van der Waals surface area contributed by atoms with Gasteiger partial charge in [-0.15, -0.1) is 0 Å². The molecule has 1 aliphatic rings. The number of hydrogen-bond acceptors (Lipinski definition) is 5. The van der Waals surface area contributed by atoms with Gasteiger partial charge in [0.05, 0.1) is 12.8 Å². The van der Waals surface area contributed by atoms with Gasteiger partial charge < -0.3 is 24.6 Å². The lowest BCUT2D eigenvalue weighted by Gasteiger charge is -2.22. The van der Waals surface area contributed by atoms with Crippen LogP contribution in [0.2, 0.25) is 25.7 Å². The number of carbonyl (C=O) groups excluding carboxylic acids is 1. The van der Waals surface area contributed by atoms with E-state index in [0.29, 0.717) is 37.5 Å². The first-order chi connectivity index (χ1) is 15.4. The number of rotatable bonds is 13. The average molecular weight is 498 g/mol. The highest BCUT2D eigenvalue weighted by Crippen LogP contribution is 2.39. The molecule has 1 aliphatic heterocycles. The van der Waals surface area contributed by atoms with Crippen molar-refractivity contribution in [3.05, 3.63) is 39.5 Å². The van der Waals surface area contributed by atoms with Crippen molar-refractivity contribution in [3.8, 4) is 5.75 Å². The molecule has 0 amide bonds. The summed E-state index contributed by atoms with van der Waals surface area (Å²) in [5, 5.41) is 3.12. The molecular weight excluding hydrogens is 457 g/mol. The van der Waals surface area contributed by atoms with Gasteiger partial charge in [0.1, 0.15) is 17.9 Å². The first kappa shape index (κ1) is 27.8. The third-order valence-corrected chi connectivity index (χ3v) is 8.57. The lowest BCUT2D eigenvalue weighted by Crippen LogP contribution is -2.23. The van der Waals surface area contributed by atoms with E-state index < -0.39 is 15.7 Å². The number of carbonyl (C=O) groups is 1. The van der Waals surface area contributed by atoms with Gasteiger partial charge in [0, 0.05) is 32.3 Å². The van der Waals surface area contributed by atoms with Gasteiger partial charge in [-0.05, 0) is 43.4 Å². The van der Waals surface area contributed by atoms with E-state index in [4.69, 9.17) is 19.3 Å². The minimum atomic E-state index is -4.00. The average Bonchev–Trinajstić information content (AvgIpc) is 3.09. The predicted octanol–water partition coefficient (Wildman–Crippen LogP) is 4.59. The third-order valence-electron chi connectivity index (χ3n) is 6.06. The van der Waals surface area contributed by atoms with Crippen LogP contribution in [0.3, 0.4) is 0 Å². The fraction of sp³-hybridized carbons (Fsp3) is 0.625. The van der Waals surface area contributed by atoms with Crippen LogP contribution in [-0.4, -0.2) is 49.7 Å². The van der Waals surface area contributed by atoms with E-state index in [9.17, 15) is 9.36 Å². The minimum absolute atomic E-state index is 0.175. The largest absolute Gasteiger partial charge is 0.493 e. The normalized spacial score (nSPS) is 14.4. The maximum Gasteiger partial charge on any atom is 0.342 e. The Kier molecular flexibility index (Phi) is 9.94. The van der Waals surface area contributed by atoms with Crippen molar-refractivity contribution in [2.24, 2.45) is 0 Å². The number of nitrogens with one attached hydrogen (secondary N) is 1. The zero-order valence-corrected chi connectivity index (χ0v) is 22.8. The number of ether oxygens (including phenoxy) is 2. The van der Waals surface area contributed by atoms with Crippen LogP contribution in [0.15, 0.2) is 11.6 Å². The van der Waals surface area contributed by atoms with Crippen LogP contribution in [0, 0.1) is 6.92 Å². The summed E-state index contributed by atoms with van der Waals surface area (Å²) in [6, 6.07) is 1.01. The summed E-state index contributed by atoms with van der Waals surface area (Å²) in [6.07, 6.45) is 4.27. The molecule has 9 heteroatoms. The Balaban J connectivity index is 2.34. The number of esters is 1. The second kappa shape index (κ2) is 11.8. The molecule has 0 saturated carbocycles. The smallest absolute Gasteiger partial charge is 0.342 e. The highest BCUT2D eigenvalue weighted by molar-refractivity contribution is 7.51. The van der Waals surface area contributed by atoms with Gasteiger partial charge in [0.2, 0.25) is 0 Å². The van der Waals surface area contributed by atoms with Gasteiger partial charge >= 0.3 is 13.6 Å². The molecule has 0 saturated heterocycles. The molecule has 1 aromatic carbocycles. The summed E-state index contributed by atoms with van der Waals surface area (Å²) in [5.74, 6) is 0.369. The number of fused-ring (bicyclic) bond motifs is 1. The van der Waals surface area contributed by atoms with Gasteiger partial charge in [0.25, 0.3) is 0 Å². The zero-order valence-electron chi connectivity index (χ0n) is 20.9. The monoisotopic (exact) mass is 497 g/mol. The van der Waals surface area contributed by atoms with Crippen molar-refractivity contribution < 1.29 is 28.6 Å². The molecule has 0 atom stereocenters. The van der Waals surface area contributed by atoms with Gasteiger partial charge in [-0.2, -0.15) is 0 Å². The molecule has 0 aliphatic carbocycles. The molecule has 0 aromatic heterocycles. The van der Waals surface area contributed by atoms with Gasteiger partial charge in [-0.25, -0.2) is 4.79 Å². The number of allylic oxidation sites excluding steroid dienone is 1. The molecule has 7 nitrogen and oxygen atoms in total. The van der Waals surface area contributed by atoms with Crippen LogP contribution in [0.1, 0.15) is 52.9 Å². The van der Waals surface area contributed by atoms with Crippen LogP contribution < -0.4 is 10.1 Å². The molecule has 1 aromatic rings. The predicted molar refractivity (Wildman–Crippen MR) is 135 cm³/mol. The first-order valence-electron chi connectivity index (χ1n) is 11.8. The van der Waals surface area contributed by atoms with Crippen molar-refractivity contribution in [1.29, 1.82) is 0 Å². The lowest BCUT2D eigenvalue weighted by atomic mass is 9.89. The molecule has 186 valence electrons. The first-order valence-corrected chi connectivity index (χ1v) is 17.3. The summed E-state index contributed by atoms with van der Waals surface area (Å²) in [5.41, 5.74) is 6.04. The minimum Gasteiger partial charge on any atom is -0.493 e. The quantitative estimate of drug-likeness (QED) is 0.120. The summed E-state index contributed by atoms with van der Waals surface area (Å²) in [7, 11) is -5.29. The van der Waals surface area contributed by atoms with E-state index in [1.807, 2.05) is 0 Å². The second-order valence-electron chi connectivity index (χ2n) is 9.84. The van der Waals surface area contributed by atoms with Crippen molar-refractivity contribution >= 4 is 21.6 Å². The maximum absolute atomic E-state index is 12.6. The van der Waals surface area contributed by atoms with E-state index in [2.05, 4.69) is 51.8 Å². The summed E-state index contributed by atoms with van der Waals surface area (Å²) < 4.78 is 22.8. The summed E-state index contributed by atoms with van der Waals surface area (Å²) >= 11 is 0. The maximum atomic E-state index is 12.6. The highest BCUT2D eigenvalue weighted by Gasteiger charge is 2.32. The van der Waals surface area contributed by atoms with Crippen LogP contribution in [0.4, 0.5) is 0 Å². The Morgan fingerprint density at radius 3 is 2.52 bits per heavy atom. The van der Waals surface area contributed by atoms with Crippen molar-refractivity contribution in [2.75, 3.05) is 25.9 Å². The molecule has 0 radical (unpaired) electrons. The Labute approximate surface area is 199 Å². The van der Waals surface area contributed by atoms with Crippen LogP contribution in [0.5, 0.6) is 5.75 Å². The van der Waals surface area contributed by atoms with Crippen molar-refractivity contribution in [1.82, 2.24) is 5.32 Å². The fourth-order valence-electron chi connectivity index (χ4n) is 4.00. The summed E-state index contributed by atoms with van der Waals surface area (Å²) in [4.78, 5) is 30.7. The number of benzene rings is 1. The molecule has 2 rings (SSSR count). The fourth-order valence-corrected chi connectivity index (χ4v) is 5.17. The zero-order chi connectivity index (χ0) is 24.8. The second-order valence-corrected chi connectivity index (χ2v) is 17.2. The molecule has 0 unspecified atom stereocenters. The third kappa shape index (κ3) is 8.07. The van der Waals surface area contributed by atoms with Gasteiger partial charge in [0.15, 0.2) is 0 Å². The topological polar surface area (TPSA) is 105 Å². The molecule has 0 spiro atoms. The lowest BCUT2D eigenvalue weighted by molar-refractivity contribution is 0.0532. The SMILES string of the molecule is CC/C(=C\Cc1c(CC)c(C)c2c(c1OCC[Si](C)(C)C)C(=O)OC2)CNCCP(=O)(O)O. The molecular formula is C24H40NO6PSi. The molecule has 0 bridgehead atoms. The van der Waals surface area contributed by atoms with Crippen molar-refractivity contribution in [3.63, 3.8) is 0 Å². The number of hydrogen-bond donors (Lipinski definition) is 3. The van der Waals surface area contributed by atoms with Gasteiger partial charge in [-0.1, -0.05) is 45.1 Å². The Bertz CT molecular complexity index is 932. The molecule has 1 heterocycles. The van der Waals surface area contributed by atoms with Crippen LogP contribution in [-0.2, 0) is 28.8 Å². The Morgan fingerprint density at radius 2 is 1.94 bits per heavy atom. The van der Waals surface area contributed by atoms with E-state index in [1.165, 1.54) is 5.56 Å². The van der Waals surface area contributed by atoms with E-state index in [1.54, 1.807) is 0 Å². The molecule has 3 N–H and O–H groups in total. The Morgan fingerprint density at radius 1 is 1.24 bits per heavy atom. The van der Waals surface area contributed by atoms with Crippen LogP contribution in [0.25, 0.3) is 0 Å². The van der Waals surface area contributed by atoms with E-state index in [0.717, 1.165) is 41.1 Å². The van der Waals surface area contributed by atoms with Crippen LogP contribution >= 0.6 is 7.60 Å². The van der Waals surface area contributed by atoms with Crippen molar-refractivity contribution in [2.45, 2.75) is 72.3 Å². The highest BCUT2D eigenvalue weighted by atomic mass is 31.2. The van der Waals surface area contributed by atoms with E-state index in [-0.39, 0.29) is 18.7 Å².